The van der Waals surface area contributed by atoms with Gasteiger partial charge in [0.25, 0.3) is 0 Å². The highest BCUT2D eigenvalue weighted by Crippen LogP contribution is 2.44. The zero-order valence-electron chi connectivity index (χ0n) is 15.9. The van der Waals surface area contributed by atoms with Crippen molar-refractivity contribution in [2.24, 2.45) is 5.41 Å². The van der Waals surface area contributed by atoms with Crippen LogP contribution < -0.4 is 10.6 Å². The molecule has 2 fully saturated rings. The minimum absolute atomic E-state index is 0.178. The molecular weight excluding hydrogens is 361 g/mol. The van der Waals surface area contributed by atoms with Crippen molar-refractivity contribution in [3.63, 3.8) is 0 Å². The highest BCUT2D eigenvalue weighted by Gasteiger charge is 2.42. The van der Waals surface area contributed by atoms with Crippen LogP contribution in [0.1, 0.15) is 48.3 Å². The summed E-state index contributed by atoms with van der Waals surface area (Å²) in [4.78, 5) is 0. The lowest BCUT2D eigenvalue weighted by molar-refractivity contribution is -0.138. The van der Waals surface area contributed by atoms with Gasteiger partial charge in [-0.3, -0.25) is 0 Å². The largest absolute Gasteiger partial charge is 0.416 e. The molecule has 2 aliphatic carbocycles. The van der Waals surface area contributed by atoms with Crippen molar-refractivity contribution in [2.45, 2.75) is 50.4 Å². The Morgan fingerprint density at radius 3 is 2.32 bits per heavy atom. The summed E-state index contributed by atoms with van der Waals surface area (Å²) < 4.78 is 39.4. The van der Waals surface area contributed by atoms with Gasteiger partial charge < -0.3 is 10.6 Å². The Morgan fingerprint density at radius 2 is 1.64 bits per heavy atom. The maximum absolute atomic E-state index is 13.1. The molecule has 5 heteroatoms. The first-order valence-corrected chi connectivity index (χ1v) is 10.1. The highest BCUT2D eigenvalue weighted by molar-refractivity contribution is 5.30. The Morgan fingerprint density at radius 1 is 0.929 bits per heavy atom. The third-order valence-electron chi connectivity index (χ3n) is 6.31. The molecule has 0 bridgehead atoms. The summed E-state index contributed by atoms with van der Waals surface area (Å²) in [6.45, 7) is 1.96. The van der Waals surface area contributed by atoms with Gasteiger partial charge in [-0.25, -0.2) is 0 Å². The van der Waals surface area contributed by atoms with Gasteiger partial charge in [-0.1, -0.05) is 55.0 Å². The van der Waals surface area contributed by atoms with Gasteiger partial charge in [0.1, 0.15) is 0 Å². The molecule has 0 saturated heterocycles. The molecule has 4 rings (SSSR count). The molecule has 2 saturated carbocycles. The lowest BCUT2D eigenvalue weighted by Gasteiger charge is -2.42. The van der Waals surface area contributed by atoms with E-state index in [1.165, 1.54) is 24.5 Å². The van der Waals surface area contributed by atoms with E-state index >= 15 is 0 Å². The molecule has 2 N–H and O–H groups in total. The SMILES string of the molecule is FC(F)(F)c1ccccc1CNCC1(CNC2CC2c2ccccc2)CCC1. The Hall–Kier alpha value is -1.85. The molecule has 2 aromatic rings. The van der Waals surface area contributed by atoms with E-state index in [0.717, 1.165) is 32.0 Å². The summed E-state index contributed by atoms with van der Waals surface area (Å²) in [5.74, 6) is 0.602. The first kappa shape index (κ1) is 19.5. The number of alkyl halides is 3. The second-order valence-corrected chi connectivity index (χ2v) is 8.35. The second kappa shape index (κ2) is 7.88. The summed E-state index contributed by atoms with van der Waals surface area (Å²) >= 11 is 0. The van der Waals surface area contributed by atoms with Crippen molar-refractivity contribution in [3.8, 4) is 0 Å². The van der Waals surface area contributed by atoms with Crippen LogP contribution in [0.25, 0.3) is 0 Å². The number of hydrogen-bond acceptors (Lipinski definition) is 2. The first-order chi connectivity index (χ1) is 13.5. The van der Waals surface area contributed by atoms with E-state index in [1.54, 1.807) is 12.1 Å². The van der Waals surface area contributed by atoms with Gasteiger partial charge in [0, 0.05) is 31.6 Å². The lowest BCUT2D eigenvalue weighted by Crippen LogP contribution is -2.47. The molecule has 2 atom stereocenters. The zero-order chi connectivity index (χ0) is 19.6. The van der Waals surface area contributed by atoms with Crippen LogP contribution in [0.3, 0.4) is 0 Å². The van der Waals surface area contributed by atoms with Gasteiger partial charge >= 0.3 is 6.18 Å². The van der Waals surface area contributed by atoms with E-state index < -0.39 is 11.7 Å². The molecule has 28 heavy (non-hydrogen) atoms. The molecule has 0 radical (unpaired) electrons. The summed E-state index contributed by atoms with van der Waals surface area (Å²) in [7, 11) is 0. The van der Waals surface area contributed by atoms with E-state index in [9.17, 15) is 13.2 Å². The summed E-state index contributed by atoms with van der Waals surface area (Å²) in [5.41, 5.74) is 1.36. The molecule has 2 aromatic carbocycles. The standard InChI is InChI=1S/C23H27F3N2/c24-23(25,26)20-10-5-4-9-18(20)14-27-15-22(11-6-12-22)16-28-21-13-19(21)17-7-2-1-3-8-17/h1-5,7-10,19,21,27-28H,6,11-16H2. The summed E-state index contributed by atoms with van der Waals surface area (Å²) in [5, 5.41) is 7.02. The van der Waals surface area contributed by atoms with Crippen LogP contribution in [0.15, 0.2) is 54.6 Å². The van der Waals surface area contributed by atoms with Crippen molar-refractivity contribution < 1.29 is 13.2 Å². The average molecular weight is 388 g/mol. The summed E-state index contributed by atoms with van der Waals surface area (Å²) in [6.07, 6.45) is 0.349. The fourth-order valence-electron chi connectivity index (χ4n) is 4.34. The Labute approximate surface area is 164 Å². The van der Waals surface area contributed by atoms with Crippen molar-refractivity contribution in [1.29, 1.82) is 0 Å². The second-order valence-electron chi connectivity index (χ2n) is 8.35. The van der Waals surface area contributed by atoms with Gasteiger partial charge in [-0.05, 0) is 41.9 Å². The van der Waals surface area contributed by atoms with Gasteiger partial charge in [0.2, 0.25) is 0 Å². The van der Waals surface area contributed by atoms with Gasteiger partial charge in [0.05, 0.1) is 5.56 Å². The van der Waals surface area contributed by atoms with Gasteiger partial charge in [-0.15, -0.1) is 0 Å². The predicted octanol–water partition coefficient (Wildman–Crippen LogP) is 5.11. The average Bonchev–Trinajstić information content (AvgIpc) is 3.43. The molecule has 2 nitrogen and oxygen atoms in total. The predicted molar refractivity (Wildman–Crippen MR) is 105 cm³/mol. The number of benzene rings is 2. The van der Waals surface area contributed by atoms with Crippen LogP contribution in [0.2, 0.25) is 0 Å². The highest BCUT2D eigenvalue weighted by atomic mass is 19.4. The molecule has 0 aromatic heterocycles. The number of nitrogens with one attached hydrogen (secondary N) is 2. The van der Waals surface area contributed by atoms with Gasteiger partial charge in [-0.2, -0.15) is 13.2 Å². The minimum Gasteiger partial charge on any atom is -0.313 e. The van der Waals surface area contributed by atoms with E-state index in [1.807, 2.05) is 6.07 Å². The quantitative estimate of drug-likeness (QED) is 0.657. The number of rotatable bonds is 8. The number of hydrogen-bond donors (Lipinski definition) is 2. The third-order valence-corrected chi connectivity index (χ3v) is 6.31. The van der Waals surface area contributed by atoms with Crippen molar-refractivity contribution >= 4 is 0 Å². The smallest absolute Gasteiger partial charge is 0.313 e. The van der Waals surface area contributed by atoms with Crippen LogP contribution in [0, 0.1) is 5.41 Å². The molecule has 0 heterocycles. The minimum atomic E-state index is -4.30. The fourth-order valence-corrected chi connectivity index (χ4v) is 4.34. The van der Waals surface area contributed by atoms with Crippen LogP contribution in [0.4, 0.5) is 13.2 Å². The van der Waals surface area contributed by atoms with Crippen LogP contribution in [0.5, 0.6) is 0 Å². The Bertz CT molecular complexity index is 784. The van der Waals surface area contributed by atoms with Crippen molar-refractivity contribution in [2.75, 3.05) is 13.1 Å². The molecule has 150 valence electrons. The Kier molecular flexibility index (Phi) is 5.48. The van der Waals surface area contributed by atoms with E-state index in [4.69, 9.17) is 0 Å². The van der Waals surface area contributed by atoms with E-state index in [-0.39, 0.29) is 12.0 Å². The number of halogens is 3. The van der Waals surface area contributed by atoms with E-state index in [2.05, 4.69) is 34.9 Å². The van der Waals surface area contributed by atoms with Gasteiger partial charge in [0.15, 0.2) is 0 Å². The molecule has 0 aliphatic heterocycles. The first-order valence-electron chi connectivity index (χ1n) is 10.1. The van der Waals surface area contributed by atoms with Crippen LogP contribution in [-0.4, -0.2) is 19.1 Å². The maximum Gasteiger partial charge on any atom is 0.416 e. The zero-order valence-corrected chi connectivity index (χ0v) is 15.9. The molecule has 2 aliphatic rings. The Balaban J connectivity index is 1.27. The van der Waals surface area contributed by atoms with Crippen LogP contribution in [-0.2, 0) is 12.7 Å². The summed E-state index contributed by atoms with van der Waals surface area (Å²) in [6, 6.07) is 17.0. The maximum atomic E-state index is 13.1. The topological polar surface area (TPSA) is 24.1 Å². The molecular formula is C23H27F3N2. The molecule has 2 unspecified atom stereocenters. The normalized spacial score (nSPS) is 23.2. The monoisotopic (exact) mass is 388 g/mol. The van der Waals surface area contributed by atoms with Crippen LogP contribution >= 0.6 is 0 Å². The molecule has 0 amide bonds. The molecule has 0 spiro atoms. The third kappa shape index (κ3) is 4.41. The fraction of sp³-hybridized carbons (Fsp3) is 0.478. The van der Waals surface area contributed by atoms with Crippen molar-refractivity contribution in [3.05, 3.63) is 71.3 Å². The van der Waals surface area contributed by atoms with E-state index in [0.29, 0.717) is 17.5 Å². The van der Waals surface area contributed by atoms with Crippen molar-refractivity contribution in [1.82, 2.24) is 10.6 Å². The lowest BCUT2D eigenvalue weighted by atomic mass is 9.68.